The molecule has 0 aromatic heterocycles. The predicted molar refractivity (Wildman–Crippen MR) is 66.3 cm³/mol. The number of carbonyl (C=O) groups is 1. The van der Waals surface area contributed by atoms with Crippen LogP contribution in [0.1, 0.15) is 43.9 Å². The van der Waals surface area contributed by atoms with Gasteiger partial charge in [0, 0.05) is 6.42 Å². The average Bonchev–Trinajstić information content (AvgIpc) is 2.23. The highest BCUT2D eigenvalue weighted by Crippen LogP contribution is 2.11. The standard InChI is InChI=1S/C12H16O.C2H6/c1-9-4-6-12(8-10(9)2)7-5-11(3)13;1-2/h4,6,8H,5,7H2,1-3H3;1-2H3. The summed E-state index contributed by atoms with van der Waals surface area (Å²) in [5.41, 5.74) is 3.88. The lowest BCUT2D eigenvalue weighted by Crippen LogP contribution is -1.94. The summed E-state index contributed by atoms with van der Waals surface area (Å²) in [5, 5.41) is 0. The third kappa shape index (κ3) is 5.36. The van der Waals surface area contributed by atoms with Gasteiger partial charge in [0.2, 0.25) is 0 Å². The van der Waals surface area contributed by atoms with Crippen molar-refractivity contribution in [1.29, 1.82) is 0 Å². The minimum atomic E-state index is 0.262. The highest BCUT2D eigenvalue weighted by Gasteiger charge is 1.98. The van der Waals surface area contributed by atoms with Gasteiger partial charge in [0.15, 0.2) is 0 Å². The summed E-state index contributed by atoms with van der Waals surface area (Å²) in [6.45, 7) is 9.84. The smallest absolute Gasteiger partial charge is 0.130 e. The normalized spacial score (nSPS) is 9.13. The molecule has 0 spiro atoms. The lowest BCUT2D eigenvalue weighted by molar-refractivity contribution is -0.116. The third-order valence-electron chi connectivity index (χ3n) is 2.34. The zero-order valence-electron chi connectivity index (χ0n) is 10.6. The van der Waals surface area contributed by atoms with E-state index in [2.05, 4.69) is 32.0 Å². The molecule has 0 heterocycles. The molecule has 0 atom stereocenters. The Hall–Kier alpha value is -1.11. The molecule has 0 saturated carbocycles. The molecule has 1 nitrogen and oxygen atoms in total. The topological polar surface area (TPSA) is 17.1 Å². The van der Waals surface area contributed by atoms with Crippen molar-refractivity contribution in [2.24, 2.45) is 0 Å². The number of rotatable bonds is 3. The van der Waals surface area contributed by atoms with E-state index in [1.807, 2.05) is 13.8 Å². The van der Waals surface area contributed by atoms with Crippen LogP contribution in [0.25, 0.3) is 0 Å². The van der Waals surface area contributed by atoms with Crippen LogP contribution < -0.4 is 0 Å². The molecular formula is C14H22O. The minimum absolute atomic E-state index is 0.262. The molecular weight excluding hydrogens is 184 g/mol. The fourth-order valence-electron chi connectivity index (χ4n) is 1.28. The van der Waals surface area contributed by atoms with E-state index in [0.29, 0.717) is 6.42 Å². The molecule has 0 aliphatic rings. The van der Waals surface area contributed by atoms with Gasteiger partial charge in [-0.3, -0.25) is 0 Å². The molecule has 0 unspecified atom stereocenters. The zero-order valence-corrected chi connectivity index (χ0v) is 10.6. The van der Waals surface area contributed by atoms with Gasteiger partial charge in [-0.05, 0) is 43.9 Å². The summed E-state index contributed by atoms with van der Waals surface area (Å²) in [6, 6.07) is 6.38. The maximum atomic E-state index is 10.8. The summed E-state index contributed by atoms with van der Waals surface area (Å²) >= 11 is 0. The molecule has 0 aliphatic carbocycles. The van der Waals surface area contributed by atoms with Crippen LogP contribution in [0.4, 0.5) is 0 Å². The van der Waals surface area contributed by atoms with E-state index in [9.17, 15) is 4.79 Å². The Morgan fingerprint density at radius 2 is 1.73 bits per heavy atom. The van der Waals surface area contributed by atoms with Crippen molar-refractivity contribution in [3.63, 3.8) is 0 Å². The van der Waals surface area contributed by atoms with E-state index in [0.717, 1.165) is 6.42 Å². The molecule has 0 saturated heterocycles. The quantitative estimate of drug-likeness (QED) is 0.734. The zero-order chi connectivity index (χ0) is 11.8. The van der Waals surface area contributed by atoms with Gasteiger partial charge in [0.25, 0.3) is 0 Å². The third-order valence-corrected chi connectivity index (χ3v) is 2.34. The van der Waals surface area contributed by atoms with E-state index < -0.39 is 0 Å². The first kappa shape index (κ1) is 13.9. The average molecular weight is 206 g/mol. The summed E-state index contributed by atoms with van der Waals surface area (Å²) in [7, 11) is 0. The van der Waals surface area contributed by atoms with Gasteiger partial charge >= 0.3 is 0 Å². The lowest BCUT2D eigenvalue weighted by atomic mass is 10.0. The van der Waals surface area contributed by atoms with E-state index >= 15 is 0 Å². The molecule has 0 radical (unpaired) electrons. The van der Waals surface area contributed by atoms with Gasteiger partial charge in [-0.2, -0.15) is 0 Å². The molecule has 15 heavy (non-hydrogen) atoms. The van der Waals surface area contributed by atoms with Crippen LogP contribution >= 0.6 is 0 Å². The Balaban J connectivity index is 0.000000921. The number of hydrogen-bond acceptors (Lipinski definition) is 1. The molecule has 0 bridgehead atoms. The summed E-state index contributed by atoms with van der Waals surface area (Å²) in [5.74, 6) is 0.262. The van der Waals surface area contributed by atoms with E-state index in [4.69, 9.17) is 0 Å². The fraction of sp³-hybridized carbons (Fsp3) is 0.500. The van der Waals surface area contributed by atoms with Crippen LogP contribution in [-0.2, 0) is 11.2 Å². The number of ketones is 1. The van der Waals surface area contributed by atoms with Crippen molar-refractivity contribution in [2.45, 2.75) is 47.5 Å². The van der Waals surface area contributed by atoms with Gasteiger partial charge in [0.1, 0.15) is 5.78 Å². The largest absolute Gasteiger partial charge is 0.300 e. The first-order chi connectivity index (χ1) is 7.09. The minimum Gasteiger partial charge on any atom is -0.300 e. The van der Waals surface area contributed by atoms with Crippen molar-refractivity contribution in [3.05, 3.63) is 34.9 Å². The van der Waals surface area contributed by atoms with Crippen molar-refractivity contribution < 1.29 is 4.79 Å². The van der Waals surface area contributed by atoms with Crippen LogP contribution in [0.15, 0.2) is 18.2 Å². The van der Waals surface area contributed by atoms with E-state index in [-0.39, 0.29) is 5.78 Å². The maximum absolute atomic E-state index is 10.8. The monoisotopic (exact) mass is 206 g/mol. The number of benzene rings is 1. The maximum Gasteiger partial charge on any atom is 0.130 e. The Morgan fingerprint density at radius 3 is 2.20 bits per heavy atom. The second kappa shape index (κ2) is 7.22. The molecule has 1 aromatic rings. The summed E-state index contributed by atoms with van der Waals surface area (Å²) < 4.78 is 0. The van der Waals surface area contributed by atoms with Crippen molar-refractivity contribution in [1.82, 2.24) is 0 Å². The van der Waals surface area contributed by atoms with Crippen LogP contribution in [0.5, 0.6) is 0 Å². The lowest BCUT2D eigenvalue weighted by Gasteiger charge is -2.03. The molecule has 0 amide bonds. The molecule has 1 rings (SSSR count). The Labute approximate surface area is 93.5 Å². The second-order valence-electron chi connectivity index (χ2n) is 3.62. The van der Waals surface area contributed by atoms with Gasteiger partial charge < -0.3 is 4.79 Å². The Bertz CT molecular complexity index is 313. The van der Waals surface area contributed by atoms with Crippen LogP contribution in [0.2, 0.25) is 0 Å². The van der Waals surface area contributed by atoms with Gasteiger partial charge in [-0.1, -0.05) is 32.0 Å². The molecule has 0 fully saturated rings. The number of hydrogen-bond donors (Lipinski definition) is 0. The predicted octanol–water partition coefficient (Wildman–Crippen LogP) is 3.85. The number of Topliss-reactive ketones (excluding diaryl/α,β-unsaturated/α-hetero) is 1. The molecule has 0 aliphatic heterocycles. The Morgan fingerprint density at radius 1 is 1.13 bits per heavy atom. The first-order valence-corrected chi connectivity index (χ1v) is 5.65. The first-order valence-electron chi connectivity index (χ1n) is 5.65. The van der Waals surface area contributed by atoms with Gasteiger partial charge in [-0.15, -0.1) is 0 Å². The molecule has 1 aromatic carbocycles. The van der Waals surface area contributed by atoms with Crippen molar-refractivity contribution in [3.8, 4) is 0 Å². The molecule has 84 valence electrons. The Kier molecular flexibility index (Phi) is 6.68. The van der Waals surface area contributed by atoms with E-state index in [1.165, 1.54) is 16.7 Å². The number of carbonyl (C=O) groups excluding carboxylic acids is 1. The summed E-state index contributed by atoms with van der Waals surface area (Å²) in [6.07, 6.45) is 1.53. The SMILES string of the molecule is CC.CC(=O)CCc1ccc(C)c(C)c1. The second-order valence-corrected chi connectivity index (χ2v) is 3.62. The van der Waals surface area contributed by atoms with Gasteiger partial charge in [0.05, 0.1) is 0 Å². The number of aryl methyl sites for hydroxylation is 3. The van der Waals surface area contributed by atoms with Crippen LogP contribution in [-0.4, -0.2) is 5.78 Å². The summed E-state index contributed by atoms with van der Waals surface area (Å²) in [4.78, 5) is 10.8. The fourth-order valence-corrected chi connectivity index (χ4v) is 1.28. The molecule has 0 N–H and O–H groups in total. The van der Waals surface area contributed by atoms with Crippen LogP contribution in [0.3, 0.4) is 0 Å². The highest BCUT2D eigenvalue weighted by atomic mass is 16.1. The van der Waals surface area contributed by atoms with Gasteiger partial charge in [-0.25, -0.2) is 0 Å². The highest BCUT2D eigenvalue weighted by molar-refractivity contribution is 5.75. The van der Waals surface area contributed by atoms with Crippen LogP contribution in [0, 0.1) is 13.8 Å². The van der Waals surface area contributed by atoms with Crippen molar-refractivity contribution in [2.75, 3.05) is 0 Å². The molecule has 1 heteroatoms. The van der Waals surface area contributed by atoms with E-state index in [1.54, 1.807) is 6.92 Å². The van der Waals surface area contributed by atoms with Crippen molar-refractivity contribution >= 4 is 5.78 Å².